The number of carboxylic acid groups (broad SMARTS) is 1. The number of aliphatic hydroxyl groups is 1. The van der Waals surface area contributed by atoms with Gasteiger partial charge in [0.1, 0.15) is 5.69 Å². The number of carboxylic acids is 1. The molecule has 1 amide bonds. The second-order valence-corrected chi connectivity index (χ2v) is 5.48. The highest BCUT2D eigenvalue weighted by molar-refractivity contribution is 6.03. The van der Waals surface area contributed by atoms with Crippen LogP contribution in [0.15, 0.2) is 18.3 Å². The van der Waals surface area contributed by atoms with Crippen LogP contribution in [-0.2, 0) is 0 Å². The van der Waals surface area contributed by atoms with E-state index in [2.05, 4.69) is 4.98 Å². The van der Waals surface area contributed by atoms with Crippen LogP contribution in [0.1, 0.15) is 33.7 Å². The highest BCUT2D eigenvalue weighted by Gasteiger charge is 2.44. The van der Waals surface area contributed by atoms with Crippen molar-refractivity contribution in [2.75, 3.05) is 13.1 Å². The van der Waals surface area contributed by atoms with Gasteiger partial charge in [-0.25, -0.2) is 4.79 Å². The standard InChI is InChI=1S/C14H16N2O4/c17-11-4-3-8-6-16(7-10(8)11)13(18)12-9(14(19)20)2-1-5-15-12/h1-2,5,8,10-11,17H,3-4,6-7H2,(H,19,20). The summed E-state index contributed by atoms with van der Waals surface area (Å²) in [6.07, 6.45) is 2.79. The minimum absolute atomic E-state index is 0.0190. The van der Waals surface area contributed by atoms with E-state index in [-0.39, 0.29) is 29.2 Å². The Hall–Kier alpha value is -1.95. The molecule has 106 valence electrons. The van der Waals surface area contributed by atoms with Crippen molar-refractivity contribution in [3.63, 3.8) is 0 Å². The average molecular weight is 276 g/mol. The molecule has 1 saturated carbocycles. The van der Waals surface area contributed by atoms with E-state index in [1.165, 1.54) is 18.3 Å². The number of likely N-dealkylation sites (tertiary alicyclic amines) is 1. The number of hydrogen-bond donors (Lipinski definition) is 2. The van der Waals surface area contributed by atoms with Crippen LogP contribution in [0.4, 0.5) is 0 Å². The molecular weight excluding hydrogens is 260 g/mol. The zero-order valence-electron chi connectivity index (χ0n) is 10.9. The molecule has 0 radical (unpaired) electrons. The molecule has 0 bridgehead atoms. The maximum atomic E-state index is 12.4. The van der Waals surface area contributed by atoms with Crippen LogP contribution in [0.5, 0.6) is 0 Å². The SMILES string of the molecule is O=C(O)c1cccnc1C(=O)N1CC2CCC(O)C2C1. The van der Waals surface area contributed by atoms with Crippen molar-refractivity contribution in [3.8, 4) is 0 Å². The quantitative estimate of drug-likeness (QED) is 0.826. The lowest BCUT2D eigenvalue weighted by molar-refractivity contribution is 0.0671. The van der Waals surface area contributed by atoms with E-state index in [1.54, 1.807) is 4.90 Å². The van der Waals surface area contributed by atoms with Crippen molar-refractivity contribution >= 4 is 11.9 Å². The van der Waals surface area contributed by atoms with Gasteiger partial charge in [-0.15, -0.1) is 0 Å². The summed E-state index contributed by atoms with van der Waals surface area (Å²) in [4.78, 5) is 29.1. The third-order valence-electron chi connectivity index (χ3n) is 4.35. The maximum absolute atomic E-state index is 12.4. The summed E-state index contributed by atoms with van der Waals surface area (Å²) in [6, 6.07) is 2.89. The predicted octanol–water partition coefficient (Wildman–Crippen LogP) is 0.623. The molecule has 3 rings (SSSR count). The van der Waals surface area contributed by atoms with E-state index in [1.807, 2.05) is 0 Å². The monoisotopic (exact) mass is 276 g/mol. The molecule has 3 unspecified atom stereocenters. The molecule has 1 aliphatic heterocycles. The molecule has 3 atom stereocenters. The number of aromatic carboxylic acids is 1. The normalized spacial score (nSPS) is 28.4. The average Bonchev–Trinajstić information content (AvgIpc) is 3.00. The molecule has 1 aliphatic carbocycles. The van der Waals surface area contributed by atoms with Crippen molar-refractivity contribution in [1.82, 2.24) is 9.88 Å². The molecule has 6 heteroatoms. The van der Waals surface area contributed by atoms with Gasteiger partial charge in [-0.3, -0.25) is 9.78 Å². The fraction of sp³-hybridized carbons (Fsp3) is 0.500. The van der Waals surface area contributed by atoms with Crippen molar-refractivity contribution in [1.29, 1.82) is 0 Å². The molecule has 1 saturated heterocycles. The van der Waals surface area contributed by atoms with Crippen LogP contribution in [0.2, 0.25) is 0 Å². The summed E-state index contributed by atoms with van der Waals surface area (Å²) >= 11 is 0. The van der Waals surface area contributed by atoms with Gasteiger partial charge in [0.2, 0.25) is 0 Å². The van der Waals surface area contributed by atoms with E-state index in [4.69, 9.17) is 5.11 Å². The van der Waals surface area contributed by atoms with Crippen molar-refractivity contribution < 1.29 is 19.8 Å². The number of carbonyl (C=O) groups is 2. The van der Waals surface area contributed by atoms with E-state index < -0.39 is 5.97 Å². The van der Waals surface area contributed by atoms with Crippen molar-refractivity contribution in [2.24, 2.45) is 11.8 Å². The first-order valence-electron chi connectivity index (χ1n) is 6.73. The molecule has 0 spiro atoms. The molecule has 2 heterocycles. The van der Waals surface area contributed by atoms with Gasteiger partial charge >= 0.3 is 5.97 Å². The van der Waals surface area contributed by atoms with E-state index in [0.29, 0.717) is 19.0 Å². The van der Waals surface area contributed by atoms with Gasteiger partial charge in [-0.2, -0.15) is 0 Å². The summed E-state index contributed by atoms with van der Waals surface area (Å²) in [5.41, 5.74) is -0.0930. The van der Waals surface area contributed by atoms with Gasteiger partial charge in [0, 0.05) is 25.2 Å². The lowest BCUT2D eigenvalue weighted by Gasteiger charge is -2.18. The lowest BCUT2D eigenvalue weighted by Crippen LogP contribution is -2.32. The zero-order valence-corrected chi connectivity index (χ0v) is 10.9. The second kappa shape index (κ2) is 4.86. The number of hydrogen-bond acceptors (Lipinski definition) is 4. The summed E-state index contributed by atoms with van der Waals surface area (Å²) in [7, 11) is 0. The first kappa shape index (κ1) is 13.1. The van der Waals surface area contributed by atoms with Crippen molar-refractivity contribution in [3.05, 3.63) is 29.6 Å². The minimum Gasteiger partial charge on any atom is -0.478 e. The van der Waals surface area contributed by atoms with Crippen LogP contribution in [0.25, 0.3) is 0 Å². The number of aromatic nitrogens is 1. The summed E-state index contributed by atoms with van der Waals surface area (Å²) in [6.45, 7) is 1.07. The number of fused-ring (bicyclic) bond motifs is 1. The number of nitrogens with zero attached hydrogens (tertiary/aromatic N) is 2. The Morgan fingerprint density at radius 1 is 1.30 bits per heavy atom. The van der Waals surface area contributed by atoms with Crippen LogP contribution in [0.3, 0.4) is 0 Å². The van der Waals surface area contributed by atoms with Gasteiger partial charge in [-0.1, -0.05) is 0 Å². The smallest absolute Gasteiger partial charge is 0.338 e. The number of carbonyl (C=O) groups excluding carboxylic acids is 1. The molecular formula is C14H16N2O4. The first-order chi connectivity index (χ1) is 9.58. The van der Waals surface area contributed by atoms with Crippen molar-refractivity contribution in [2.45, 2.75) is 18.9 Å². The Morgan fingerprint density at radius 3 is 2.80 bits per heavy atom. The largest absolute Gasteiger partial charge is 0.478 e. The minimum atomic E-state index is -1.15. The van der Waals surface area contributed by atoms with E-state index in [9.17, 15) is 14.7 Å². The summed E-state index contributed by atoms with van der Waals surface area (Å²) in [5, 5.41) is 19.0. The Kier molecular flexibility index (Phi) is 3.17. The summed E-state index contributed by atoms with van der Waals surface area (Å²) < 4.78 is 0. The van der Waals surface area contributed by atoms with E-state index >= 15 is 0 Å². The molecule has 0 aromatic carbocycles. The second-order valence-electron chi connectivity index (χ2n) is 5.48. The topological polar surface area (TPSA) is 90.7 Å². The molecule has 2 aliphatic rings. The Labute approximate surface area is 116 Å². The molecule has 2 N–H and O–H groups in total. The number of aliphatic hydroxyl groups excluding tert-OH is 1. The van der Waals surface area contributed by atoms with Gasteiger partial charge in [0.25, 0.3) is 5.91 Å². The Morgan fingerprint density at radius 2 is 2.10 bits per heavy atom. The third-order valence-corrected chi connectivity index (χ3v) is 4.35. The third kappa shape index (κ3) is 2.06. The molecule has 1 aromatic heterocycles. The molecule has 1 aromatic rings. The number of rotatable bonds is 2. The number of pyridine rings is 1. The fourth-order valence-electron chi connectivity index (χ4n) is 3.30. The number of amides is 1. The fourth-order valence-corrected chi connectivity index (χ4v) is 3.30. The summed E-state index contributed by atoms with van der Waals surface area (Å²) in [5.74, 6) is -1.06. The van der Waals surface area contributed by atoms with Gasteiger partial charge in [0.05, 0.1) is 11.7 Å². The predicted molar refractivity (Wildman–Crippen MR) is 69.3 cm³/mol. The zero-order chi connectivity index (χ0) is 14.3. The highest BCUT2D eigenvalue weighted by atomic mass is 16.4. The molecule has 2 fully saturated rings. The lowest BCUT2D eigenvalue weighted by atomic mass is 10.00. The molecule has 20 heavy (non-hydrogen) atoms. The molecule has 6 nitrogen and oxygen atoms in total. The van der Waals surface area contributed by atoms with Crippen LogP contribution in [-0.4, -0.2) is 51.2 Å². The van der Waals surface area contributed by atoms with E-state index in [0.717, 1.165) is 12.8 Å². The Balaban J connectivity index is 1.83. The van der Waals surface area contributed by atoms with Crippen LogP contribution < -0.4 is 0 Å². The highest BCUT2D eigenvalue weighted by Crippen LogP contribution is 2.38. The van der Waals surface area contributed by atoms with Gasteiger partial charge in [-0.05, 0) is 30.9 Å². The Bertz CT molecular complexity index is 560. The first-order valence-corrected chi connectivity index (χ1v) is 6.73. The van der Waals surface area contributed by atoms with Crippen LogP contribution in [0, 0.1) is 11.8 Å². The maximum Gasteiger partial charge on any atom is 0.338 e. The van der Waals surface area contributed by atoms with Crippen LogP contribution >= 0.6 is 0 Å². The van der Waals surface area contributed by atoms with Gasteiger partial charge in [0.15, 0.2) is 0 Å². The van der Waals surface area contributed by atoms with Gasteiger partial charge < -0.3 is 15.1 Å².